The van der Waals surface area contributed by atoms with Crippen LogP contribution in [0, 0.1) is 17.8 Å². The molecule has 0 aromatic heterocycles. The van der Waals surface area contributed by atoms with Gasteiger partial charge in [-0.05, 0) is 12.8 Å². The second-order valence-corrected chi connectivity index (χ2v) is 5.00. The van der Waals surface area contributed by atoms with Crippen molar-refractivity contribution in [2.75, 3.05) is 13.1 Å². The van der Waals surface area contributed by atoms with Crippen LogP contribution in [0.15, 0.2) is 0 Å². The Hall–Kier alpha value is -1.20. The van der Waals surface area contributed by atoms with Crippen molar-refractivity contribution in [3.8, 4) is 0 Å². The Morgan fingerprint density at radius 3 is 2.06 bits per heavy atom. The number of amides is 1. The maximum Gasteiger partial charge on any atom is 0.306 e. The first-order valence-electron chi connectivity index (χ1n) is 5.68. The SMILES string of the molecule is CC(=O)N1CC2CC(C(=O)O)CC(C1)C2(F)F. The average Bonchev–Trinajstić information content (AvgIpc) is 2.14. The number of aliphatic carboxylic acids is 1. The molecule has 2 atom stereocenters. The first-order valence-corrected chi connectivity index (χ1v) is 5.68. The monoisotopic (exact) mass is 247 g/mol. The minimum Gasteiger partial charge on any atom is -0.481 e. The minimum absolute atomic E-state index is 0.0252. The lowest BCUT2D eigenvalue weighted by Gasteiger charge is -2.48. The summed E-state index contributed by atoms with van der Waals surface area (Å²) >= 11 is 0. The van der Waals surface area contributed by atoms with Gasteiger partial charge in [0.2, 0.25) is 5.91 Å². The van der Waals surface area contributed by atoms with Gasteiger partial charge in [-0.2, -0.15) is 0 Å². The number of nitrogens with zero attached hydrogens (tertiary/aromatic N) is 1. The van der Waals surface area contributed by atoms with Crippen LogP contribution >= 0.6 is 0 Å². The van der Waals surface area contributed by atoms with Crippen LogP contribution in [0.3, 0.4) is 0 Å². The fourth-order valence-corrected chi connectivity index (χ4v) is 2.89. The molecule has 0 radical (unpaired) electrons. The van der Waals surface area contributed by atoms with E-state index in [0.29, 0.717) is 0 Å². The number of likely N-dealkylation sites (tertiary alicyclic amines) is 1. The molecule has 0 aromatic rings. The Labute approximate surface area is 97.6 Å². The highest BCUT2D eigenvalue weighted by Crippen LogP contribution is 2.48. The lowest BCUT2D eigenvalue weighted by Crippen LogP contribution is -2.58. The number of carbonyl (C=O) groups is 2. The van der Waals surface area contributed by atoms with Gasteiger partial charge in [0.15, 0.2) is 0 Å². The molecule has 1 aliphatic heterocycles. The maximum atomic E-state index is 13.9. The Morgan fingerprint density at radius 1 is 1.24 bits per heavy atom. The number of carbonyl (C=O) groups excluding carboxylic acids is 1. The molecule has 2 bridgehead atoms. The lowest BCUT2D eigenvalue weighted by molar-refractivity contribution is -0.190. The van der Waals surface area contributed by atoms with E-state index in [0.717, 1.165) is 0 Å². The molecule has 17 heavy (non-hydrogen) atoms. The van der Waals surface area contributed by atoms with Gasteiger partial charge in [0.25, 0.3) is 5.92 Å². The third-order valence-electron chi connectivity index (χ3n) is 3.90. The van der Waals surface area contributed by atoms with Gasteiger partial charge in [-0.15, -0.1) is 0 Å². The van der Waals surface area contributed by atoms with E-state index in [1.54, 1.807) is 0 Å². The number of hydrogen-bond acceptors (Lipinski definition) is 2. The van der Waals surface area contributed by atoms with Crippen LogP contribution in [0.25, 0.3) is 0 Å². The quantitative estimate of drug-likeness (QED) is 0.757. The van der Waals surface area contributed by atoms with Crippen molar-refractivity contribution in [3.63, 3.8) is 0 Å². The molecule has 6 heteroatoms. The molecular weight excluding hydrogens is 232 g/mol. The molecule has 2 aliphatic rings. The summed E-state index contributed by atoms with van der Waals surface area (Å²) in [6.45, 7) is 1.30. The van der Waals surface area contributed by atoms with Crippen LogP contribution in [-0.4, -0.2) is 40.9 Å². The summed E-state index contributed by atoms with van der Waals surface area (Å²) in [5.74, 6) is -6.78. The lowest BCUT2D eigenvalue weighted by atomic mass is 9.69. The molecule has 1 aliphatic carbocycles. The van der Waals surface area contributed by atoms with Crippen LogP contribution in [0.2, 0.25) is 0 Å². The van der Waals surface area contributed by atoms with Crippen LogP contribution in [-0.2, 0) is 9.59 Å². The van der Waals surface area contributed by atoms with Gasteiger partial charge >= 0.3 is 5.97 Å². The molecule has 2 rings (SSSR count). The Kier molecular flexibility index (Phi) is 2.83. The third-order valence-corrected chi connectivity index (χ3v) is 3.90. The number of fused-ring (bicyclic) bond motifs is 2. The van der Waals surface area contributed by atoms with Crippen molar-refractivity contribution in [1.82, 2.24) is 4.90 Å². The summed E-state index contributed by atoms with van der Waals surface area (Å²) < 4.78 is 27.7. The van der Waals surface area contributed by atoms with E-state index in [1.807, 2.05) is 0 Å². The zero-order chi connectivity index (χ0) is 12.8. The molecule has 1 heterocycles. The molecule has 1 saturated heterocycles. The van der Waals surface area contributed by atoms with Crippen LogP contribution in [0.1, 0.15) is 19.8 Å². The number of halogens is 2. The molecule has 1 N–H and O–H groups in total. The zero-order valence-corrected chi connectivity index (χ0v) is 9.53. The summed E-state index contributed by atoms with van der Waals surface area (Å²) in [5, 5.41) is 8.91. The molecular formula is C11H15F2NO3. The first kappa shape index (κ1) is 12.3. The van der Waals surface area contributed by atoms with E-state index >= 15 is 0 Å². The van der Waals surface area contributed by atoms with Crippen molar-refractivity contribution < 1.29 is 23.5 Å². The molecule has 1 saturated carbocycles. The van der Waals surface area contributed by atoms with Gasteiger partial charge in [0, 0.05) is 31.8 Å². The highest BCUT2D eigenvalue weighted by Gasteiger charge is 2.56. The van der Waals surface area contributed by atoms with E-state index < -0.39 is 29.6 Å². The van der Waals surface area contributed by atoms with Gasteiger partial charge < -0.3 is 10.0 Å². The normalized spacial score (nSPS) is 35.5. The van der Waals surface area contributed by atoms with Crippen molar-refractivity contribution >= 4 is 11.9 Å². The number of piperidine rings is 1. The summed E-state index contributed by atoms with van der Waals surface area (Å²) in [6.07, 6.45) is -0.0781. The molecule has 96 valence electrons. The summed E-state index contributed by atoms with van der Waals surface area (Å²) in [5.41, 5.74) is 0. The summed E-state index contributed by atoms with van der Waals surface area (Å²) in [6, 6.07) is 0. The number of hydrogen-bond donors (Lipinski definition) is 1. The molecule has 2 fully saturated rings. The highest BCUT2D eigenvalue weighted by molar-refractivity contribution is 5.74. The topological polar surface area (TPSA) is 57.6 Å². The van der Waals surface area contributed by atoms with Gasteiger partial charge in [-0.3, -0.25) is 9.59 Å². The number of carboxylic acid groups (broad SMARTS) is 1. The molecule has 0 spiro atoms. The predicted molar refractivity (Wildman–Crippen MR) is 54.5 cm³/mol. The molecule has 2 unspecified atom stereocenters. The Bertz CT molecular complexity index is 315. The smallest absolute Gasteiger partial charge is 0.306 e. The van der Waals surface area contributed by atoms with Crippen LogP contribution in [0.4, 0.5) is 8.78 Å². The second-order valence-electron chi connectivity index (χ2n) is 5.00. The fraction of sp³-hybridized carbons (Fsp3) is 0.818. The van der Waals surface area contributed by atoms with E-state index in [-0.39, 0.29) is 31.8 Å². The largest absolute Gasteiger partial charge is 0.481 e. The standard InChI is InChI=1S/C11H15F2NO3/c1-6(15)14-4-8-2-7(10(16)17)3-9(5-14)11(8,12)13/h7-9H,2-5H2,1H3,(H,16,17). The van der Waals surface area contributed by atoms with Crippen LogP contribution in [0.5, 0.6) is 0 Å². The van der Waals surface area contributed by atoms with E-state index in [2.05, 4.69) is 0 Å². The van der Waals surface area contributed by atoms with Gasteiger partial charge in [0.05, 0.1) is 5.92 Å². The third kappa shape index (κ3) is 2.00. The first-order chi connectivity index (χ1) is 7.82. The number of alkyl halides is 2. The fourth-order valence-electron chi connectivity index (χ4n) is 2.89. The molecule has 0 aromatic carbocycles. The Balaban J connectivity index is 2.19. The highest BCUT2D eigenvalue weighted by atomic mass is 19.3. The summed E-state index contributed by atoms with van der Waals surface area (Å²) in [7, 11) is 0. The van der Waals surface area contributed by atoms with Crippen LogP contribution < -0.4 is 0 Å². The second kappa shape index (κ2) is 3.92. The van der Waals surface area contributed by atoms with Gasteiger partial charge in [-0.1, -0.05) is 0 Å². The van der Waals surface area contributed by atoms with Gasteiger partial charge in [-0.25, -0.2) is 8.78 Å². The van der Waals surface area contributed by atoms with Gasteiger partial charge in [0.1, 0.15) is 0 Å². The van der Waals surface area contributed by atoms with E-state index in [9.17, 15) is 18.4 Å². The van der Waals surface area contributed by atoms with Crippen molar-refractivity contribution in [3.05, 3.63) is 0 Å². The molecule has 1 amide bonds. The zero-order valence-electron chi connectivity index (χ0n) is 9.53. The average molecular weight is 247 g/mol. The van der Waals surface area contributed by atoms with E-state index in [4.69, 9.17) is 5.11 Å². The Morgan fingerprint density at radius 2 is 1.71 bits per heavy atom. The number of rotatable bonds is 1. The number of carboxylic acids is 1. The van der Waals surface area contributed by atoms with Crippen molar-refractivity contribution in [2.24, 2.45) is 17.8 Å². The predicted octanol–water partition coefficient (Wildman–Crippen LogP) is 1.21. The van der Waals surface area contributed by atoms with E-state index in [1.165, 1.54) is 11.8 Å². The van der Waals surface area contributed by atoms with Crippen molar-refractivity contribution in [2.45, 2.75) is 25.7 Å². The maximum absolute atomic E-state index is 13.9. The van der Waals surface area contributed by atoms with Crippen molar-refractivity contribution in [1.29, 1.82) is 0 Å². The molecule has 4 nitrogen and oxygen atoms in total. The minimum atomic E-state index is -2.84. The summed E-state index contributed by atoms with van der Waals surface area (Å²) in [4.78, 5) is 23.5.